The van der Waals surface area contributed by atoms with Crippen LogP contribution >= 0.6 is 12.4 Å². The molecule has 146 valence electrons. The lowest BCUT2D eigenvalue weighted by Gasteiger charge is -2.24. The number of hydrogen-bond donors (Lipinski definition) is 2. The van der Waals surface area contributed by atoms with Crippen LogP contribution in [0.15, 0.2) is 24.3 Å². The van der Waals surface area contributed by atoms with Gasteiger partial charge in [0.2, 0.25) is 5.91 Å². The van der Waals surface area contributed by atoms with E-state index < -0.39 is 6.36 Å². The van der Waals surface area contributed by atoms with Gasteiger partial charge in [-0.05, 0) is 44.5 Å². The molecule has 3 rings (SSSR count). The number of hydrogen-bond acceptors (Lipinski definition) is 4. The van der Waals surface area contributed by atoms with Crippen LogP contribution < -0.4 is 20.3 Å². The van der Waals surface area contributed by atoms with Crippen LogP contribution in [0, 0.1) is 5.92 Å². The Labute approximate surface area is 156 Å². The average molecular weight is 394 g/mol. The molecule has 0 radical (unpaired) electrons. The number of alkyl halides is 3. The van der Waals surface area contributed by atoms with E-state index in [-0.39, 0.29) is 36.0 Å². The molecule has 0 aliphatic carbocycles. The van der Waals surface area contributed by atoms with Crippen molar-refractivity contribution in [1.29, 1.82) is 0 Å². The molecular weight excluding hydrogens is 371 g/mol. The average Bonchev–Trinajstić information content (AvgIpc) is 3.03. The summed E-state index contributed by atoms with van der Waals surface area (Å²) in [6.07, 6.45) is -2.23. The summed E-state index contributed by atoms with van der Waals surface area (Å²) < 4.78 is 41.0. The highest BCUT2D eigenvalue weighted by atomic mass is 35.5. The standard InChI is InChI=1S/C17H22F3N3O2.ClH/c18-17(19,20)25-15-3-1-2-14(10-15)23-9-6-13(11-23)22-16(24)12-4-7-21-8-5-12;/h1-3,10,12-13,21H,4-9,11H2,(H,22,24);1H. The molecule has 1 amide bonds. The van der Waals surface area contributed by atoms with Gasteiger partial charge in [-0.15, -0.1) is 25.6 Å². The summed E-state index contributed by atoms with van der Waals surface area (Å²) in [7, 11) is 0. The van der Waals surface area contributed by atoms with Gasteiger partial charge in [0, 0.05) is 36.8 Å². The second-order valence-corrected chi connectivity index (χ2v) is 6.51. The molecule has 5 nitrogen and oxygen atoms in total. The van der Waals surface area contributed by atoms with Crippen molar-refractivity contribution in [2.75, 3.05) is 31.1 Å². The van der Waals surface area contributed by atoms with Crippen molar-refractivity contribution in [3.8, 4) is 5.75 Å². The van der Waals surface area contributed by atoms with Crippen LogP contribution in [0.5, 0.6) is 5.75 Å². The molecule has 2 aliphatic heterocycles. The molecule has 2 fully saturated rings. The summed E-state index contributed by atoms with van der Waals surface area (Å²) in [4.78, 5) is 14.3. The quantitative estimate of drug-likeness (QED) is 0.826. The minimum atomic E-state index is -4.70. The molecule has 2 N–H and O–H groups in total. The molecule has 0 aromatic heterocycles. The minimum absolute atomic E-state index is 0. The van der Waals surface area contributed by atoms with Crippen LogP contribution in [-0.2, 0) is 4.79 Å². The Bertz CT molecular complexity index is 609. The zero-order valence-electron chi connectivity index (χ0n) is 14.2. The molecule has 2 heterocycles. The van der Waals surface area contributed by atoms with Crippen molar-refractivity contribution >= 4 is 24.0 Å². The fourth-order valence-electron chi connectivity index (χ4n) is 3.39. The summed E-state index contributed by atoms with van der Waals surface area (Å²) in [6.45, 7) is 3.00. The highest BCUT2D eigenvalue weighted by Gasteiger charge is 2.32. The molecule has 26 heavy (non-hydrogen) atoms. The molecule has 2 saturated heterocycles. The maximum absolute atomic E-state index is 12.3. The molecular formula is C17H23ClF3N3O2. The predicted octanol–water partition coefficient (Wildman–Crippen LogP) is 2.70. The third kappa shape index (κ3) is 5.67. The summed E-state index contributed by atoms with van der Waals surface area (Å²) in [5.41, 5.74) is 0.667. The zero-order chi connectivity index (χ0) is 17.9. The van der Waals surface area contributed by atoms with Gasteiger partial charge < -0.3 is 20.3 Å². The highest BCUT2D eigenvalue weighted by Crippen LogP contribution is 2.28. The Morgan fingerprint density at radius 1 is 1.23 bits per heavy atom. The minimum Gasteiger partial charge on any atom is -0.406 e. The molecule has 1 unspecified atom stereocenters. The first kappa shape index (κ1) is 20.6. The summed E-state index contributed by atoms with van der Waals surface area (Å²) in [6, 6.07) is 5.97. The molecule has 0 bridgehead atoms. The third-order valence-corrected chi connectivity index (χ3v) is 4.66. The topological polar surface area (TPSA) is 53.6 Å². The Hall–Kier alpha value is -1.67. The van der Waals surface area contributed by atoms with Crippen LogP contribution in [0.4, 0.5) is 18.9 Å². The van der Waals surface area contributed by atoms with Gasteiger partial charge in [-0.2, -0.15) is 0 Å². The molecule has 0 spiro atoms. The summed E-state index contributed by atoms with van der Waals surface area (Å²) in [5, 5.41) is 6.31. The Balaban J connectivity index is 0.00000243. The SMILES string of the molecule is Cl.O=C(NC1CCN(c2cccc(OC(F)(F)F)c2)C1)C1CCNCC1. The van der Waals surface area contributed by atoms with E-state index in [2.05, 4.69) is 15.4 Å². The van der Waals surface area contributed by atoms with E-state index in [1.54, 1.807) is 6.07 Å². The van der Waals surface area contributed by atoms with Crippen molar-refractivity contribution in [1.82, 2.24) is 10.6 Å². The van der Waals surface area contributed by atoms with Gasteiger partial charge in [0.05, 0.1) is 0 Å². The number of benzene rings is 1. The highest BCUT2D eigenvalue weighted by molar-refractivity contribution is 5.85. The second-order valence-electron chi connectivity index (χ2n) is 6.51. The number of piperidine rings is 1. The molecule has 0 saturated carbocycles. The van der Waals surface area contributed by atoms with E-state index in [0.29, 0.717) is 18.8 Å². The van der Waals surface area contributed by atoms with Gasteiger partial charge >= 0.3 is 6.36 Å². The van der Waals surface area contributed by atoms with E-state index in [9.17, 15) is 18.0 Å². The second kappa shape index (κ2) is 8.81. The fraction of sp³-hybridized carbons (Fsp3) is 0.588. The van der Waals surface area contributed by atoms with Gasteiger partial charge in [-0.1, -0.05) is 6.07 Å². The van der Waals surface area contributed by atoms with Gasteiger partial charge in [-0.3, -0.25) is 4.79 Å². The Morgan fingerprint density at radius 2 is 1.96 bits per heavy atom. The van der Waals surface area contributed by atoms with Crippen molar-refractivity contribution < 1.29 is 22.7 Å². The zero-order valence-corrected chi connectivity index (χ0v) is 15.0. The van der Waals surface area contributed by atoms with Gasteiger partial charge in [0.25, 0.3) is 0 Å². The number of carbonyl (C=O) groups excluding carboxylic acids is 1. The lowest BCUT2D eigenvalue weighted by atomic mass is 9.97. The van der Waals surface area contributed by atoms with E-state index in [1.807, 2.05) is 4.90 Å². The molecule has 9 heteroatoms. The van der Waals surface area contributed by atoms with Crippen LogP contribution in [-0.4, -0.2) is 44.5 Å². The van der Waals surface area contributed by atoms with E-state index >= 15 is 0 Å². The number of nitrogens with one attached hydrogen (secondary N) is 2. The van der Waals surface area contributed by atoms with Crippen molar-refractivity contribution in [3.05, 3.63) is 24.3 Å². The third-order valence-electron chi connectivity index (χ3n) is 4.66. The van der Waals surface area contributed by atoms with Gasteiger partial charge in [0.15, 0.2) is 0 Å². The number of anilines is 1. The van der Waals surface area contributed by atoms with E-state index in [1.165, 1.54) is 18.2 Å². The number of amides is 1. The smallest absolute Gasteiger partial charge is 0.406 e. The first-order valence-electron chi connectivity index (χ1n) is 8.52. The first-order chi connectivity index (χ1) is 11.9. The van der Waals surface area contributed by atoms with Crippen molar-refractivity contribution in [3.63, 3.8) is 0 Å². The summed E-state index contributed by atoms with van der Waals surface area (Å²) >= 11 is 0. The molecule has 2 aliphatic rings. The number of halogens is 4. The molecule has 1 atom stereocenters. The van der Waals surface area contributed by atoms with Crippen LogP contribution in [0.25, 0.3) is 0 Å². The fourth-order valence-corrected chi connectivity index (χ4v) is 3.39. The Kier molecular flexibility index (Phi) is 7.00. The lowest BCUT2D eigenvalue weighted by molar-refractivity contribution is -0.274. The van der Waals surface area contributed by atoms with Crippen LogP contribution in [0.1, 0.15) is 19.3 Å². The van der Waals surface area contributed by atoms with Crippen molar-refractivity contribution in [2.45, 2.75) is 31.7 Å². The van der Waals surface area contributed by atoms with Crippen LogP contribution in [0.3, 0.4) is 0 Å². The van der Waals surface area contributed by atoms with Crippen LogP contribution in [0.2, 0.25) is 0 Å². The monoisotopic (exact) mass is 393 g/mol. The predicted molar refractivity (Wildman–Crippen MR) is 94.7 cm³/mol. The lowest BCUT2D eigenvalue weighted by Crippen LogP contribution is -2.43. The maximum Gasteiger partial charge on any atom is 0.573 e. The largest absolute Gasteiger partial charge is 0.573 e. The van der Waals surface area contributed by atoms with Gasteiger partial charge in [-0.25, -0.2) is 0 Å². The summed E-state index contributed by atoms with van der Waals surface area (Å²) in [5.74, 6) is -0.0893. The Morgan fingerprint density at radius 3 is 2.65 bits per heavy atom. The number of rotatable bonds is 4. The van der Waals surface area contributed by atoms with E-state index in [0.717, 1.165) is 32.4 Å². The molecule has 1 aromatic rings. The molecule has 1 aromatic carbocycles. The first-order valence-corrected chi connectivity index (χ1v) is 8.52. The maximum atomic E-state index is 12.3. The number of carbonyl (C=O) groups is 1. The van der Waals surface area contributed by atoms with E-state index in [4.69, 9.17) is 0 Å². The normalized spacial score (nSPS) is 21.2. The number of ether oxygens (including phenoxy) is 1. The van der Waals surface area contributed by atoms with Crippen molar-refractivity contribution in [2.24, 2.45) is 5.92 Å². The number of nitrogens with zero attached hydrogens (tertiary/aromatic N) is 1. The van der Waals surface area contributed by atoms with Gasteiger partial charge in [0.1, 0.15) is 5.75 Å².